The highest BCUT2D eigenvalue weighted by Gasteiger charge is 2.13. The first kappa shape index (κ1) is 12.8. The Morgan fingerprint density at radius 1 is 1.22 bits per heavy atom. The Morgan fingerprint density at radius 2 is 1.89 bits per heavy atom. The summed E-state index contributed by atoms with van der Waals surface area (Å²) in [6.07, 6.45) is 3.46. The number of pyridine rings is 1. The number of Topliss-reactive ketones (excluding diaryl/α,β-unsaturated/α-hetero) is 1. The van der Waals surface area contributed by atoms with Crippen molar-refractivity contribution in [2.24, 2.45) is 0 Å². The Balaban J connectivity index is 2.30. The quantitative estimate of drug-likeness (QED) is 0.786. The zero-order chi connectivity index (χ0) is 13.1. The molecular formula is C15H14ClNO. The minimum atomic E-state index is 0.0276. The molecular weight excluding hydrogens is 246 g/mol. The molecule has 0 radical (unpaired) electrons. The molecule has 0 N–H and O–H groups in total. The fraction of sp³-hybridized carbons (Fsp3) is 0.200. The number of rotatable bonds is 3. The molecule has 2 aromatic rings. The molecule has 2 nitrogen and oxygen atoms in total. The van der Waals surface area contributed by atoms with Crippen molar-refractivity contribution in [3.05, 3.63) is 63.9 Å². The number of nitrogens with zero attached hydrogens (tertiary/aromatic N) is 1. The van der Waals surface area contributed by atoms with Gasteiger partial charge in [0.25, 0.3) is 0 Å². The number of ketones is 1. The molecule has 1 heterocycles. The third-order valence-corrected chi connectivity index (χ3v) is 3.36. The highest BCUT2D eigenvalue weighted by atomic mass is 35.5. The third kappa shape index (κ3) is 2.59. The van der Waals surface area contributed by atoms with Crippen LogP contribution in [0.1, 0.15) is 27.0 Å². The number of aryl methyl sites for hydroxylation is 2. The van der Waals surface area contributed by atoms with E-state index in [1.54, 1.807) is 12.3 Å². The molecule has 0 aliphatic heterocycles. The van der Waals surface area contributed by atoms with Crippen molar-refractivity contribution in [3.8, 4) is 0 Å². The van der Waals surface area contributed by atoms with E-state index in [-0.39, 0.29) is 5.78 Å². The van der Waals surface area contributed by atoms with Crippen molar-refractivity contribution in [3.63, 3.8) is 0 Å². The first-order valence-corrected chi connectivity index (χ1v) is 6.15. The largest absolute Gasteiger partial charge is 0.294 e. The summed E-state index contributed by atoms with van der Waals surface area (Å²) < 4.78 is 0. The maximum absolute atomic E-state index is 12.2. The number of carbonyl (C=O) groups excluding carboxylic acids is 1. The van der Waals surface area contributed by atoms with Crippen LogP contribution in [-0.2, 0) is 6.42 Å². The summed E-state index contributed by atoms with van der Waals surface area (Å²) in [5.74, 6) is 0.0276. The monoisotopic (exact) mass is 259 g/mol. The second kappa shape index (κ2) is 5.32. The van der Waals surface area contributed by atoms with Crippen LogP contribution in [0.4, 0.5) is 0 Å². The summed E-state index contributed by atoms with van der Waals surface area (Å²) in [6.45, 7) is 4.04. The van der Waals surface area contributed by atoms with E-state index in [9.17, 15) is 4.79 Å². The van der Waals surface area contributed by atoms with Crippen molar-refractivity contribution in [1.29, 1.82) is 0 Å². The summed E-state index contributed by atoms with van der Waals surface area (Å²) in [7, 11) is 0. The Labute approximate surface area is 112 Å². The van der Waals surface area contributed by atoms with Gasteiger partial charge in [-0.05, 0) is 36.6 Å². The molecule has 0 atom stereocenters. The average molecular weight is 260 g/mol. The second-order valence-electron chi connectivity index (χ2n) is 4.33. The van der Waals surface area contributed by atoms with Crippen LogP contribution in [0.3, 0.4) is 0 Å². The van der Waals surface area contributed by atoms with Crippen molar-refractivity contribution in [1.82, 2.24) is 4.98 Å². The molecule has 0 saturated carbocycles. The van der Waals surface area contributed by atoms with Crippen molar-refractivity contribution in [2.45, 2.75) is 20.3 Å². The lowest BCUT2D eigenvalue weighted by Crippen LogP contribution is -2.07. The fourth-order valence-corrected chi connectivity index (χ4v) is 2.21. The lowest BCUT2D eigenvalue weighted by atomic mass is 9.96. The van der Waals surface area contributed by atoms with Crippen molar-refractivity contribution >= 4 is 17.4 Å². The predicted molar refractivity (Wildman–Crippen MR) is 73.2 cm³/mol. The molecule has 0 fully saturated rings. The van der Waals surface area contributed by atoms with Gasteiger partial charge >= 0.3 is 0 Å². The maximum atomic E-state index is 12.2. The van der Waals surface area contributed by atoms with E-state index >= 15 is 0 Å². The van der Waals surface area contributed by atoms with E-state index in [4.69, 9.17) is 11.6 Å². The minimum Gasteiger partial charge on any atom is -0.294 e. The summed E-state index contributed by atoms with van der Waals surface area (Å²) in [5.41, 5.74) is 3.88. The molecule has 0 aliphatic rings. The number of hydrogen-bond acceptors (Lipinski definition) is 2. The van der Waals surface area contributed by atoms with Crippen LogP contribution in [0.2, 0.25) is 5.02 Å². The molecule has 3 heteroatoms. The van der Waals surface area contributed by atoms with Gasteiger partial charge in [-0.2, -0.15) is 0 Å². The fourth-order valence-electron chi connectivity index (χ4n) is 1.98. The summed E-state index contributed by atoms with van der Waals surface area (Å²) >= 11 is 5.98. The smallest absolute Gasteiger partial charge is 0.168 e. The van der Waals surface area contributed by atoms with Gasteiger partial charge < -0.3 is 0 Å². The lowest BCUT2D eigenvalue weighted by Gasteiger charge is -2.09. The SMILES string of the molecule is Cc1cccc(C)c1CC(=O)c1ccncc1Cl. The third-order valence-electron chi connectivity index (χ3n) is 3.05. The standard InChI is InChI=1S/C15H14ClNO/c1-10-4-3-5-11(2)13(10)8-15(18)12-6-7-17-9-14(12)16/h3-7,9H,8H2,1-2H3. The number of aromatic nitrogens is 1. The van der Waals surface area contributed by atoms with Crippen LogP contribution in [-0.4, -0.2) is 10.8 Å². The highest BCUT2D eigenvalue weighted by Crippen LogP contribution is 2.19. The van der Waals surface area contributed by atoms with E-state index in [1.165, 1.54) is 6.20 Å². The van der Waals surface area contributed by atoms with Gasteiger partial charge in [0, 0.05) is 24.4 Å². The topological polar surface area (TPSA) is 30.0 Å². The minimum absolute atomic E-state index is 0.0276. The predicted octanol–water partition coefficient (Wildman–Crippen LogP) is 3.78. The van der Waals surface area contributed by atoms with Crippen LogP contribution in [0, 0.1) is 13.8 Å². The van der Waals surface area contributed by atoms with Crippen LogP contribution in [0.5, 0.6) is 0 Å². The average Bonchev–Trinajstić information content (AvgIpc) is 2.34. The molecule has 0 aliphatic carbocycles. The molecule has 0 spiro atoms. The molecule has 1 aromatic heterocycles. The van der Waals surface area contributed by atoms with E-state index < -0.39 is 0 Å². The molecule has 0 unspecified atom stereocenters. The zero-order valence-electron chi connectivity index (χ0n) is 10.4. The molecule has 0 amide bonds. The highest BCUT2D eigenvalue weighted by molar-refractivity contribution is 6.33. The maximum Gasteiger partial charge on any atom is 0.168 e. The molecule has 0 bridgehead atoms. The van der Waals surface area contributed by atoms with Gasteiger partial charge in [0.1, 0.15) is 0 Å². The van der Waals surface area contributed by atoms with Crippen LogP contribution < -0.4 is 0 Å². The van der Waals surface area contributed by atoms with E-state index in [2.05, 4.69) is 4.98 Å². The van der Waals surface area contributed by atoms with Crippen LogP contribution in [0.15, 0.2) is 36.7 Å². The Hall–Kier alpha value is -1.67. The molecule has 1 aromatic carbocycles. The Morgan fingerprint density at radius 3 is 2.50 bits per heavy atom. The van der Waals surface area contributed by atoms with Gasteiger partial charge in [-0.25, -0.2) is 0 Å². The molecule has 18 heavy (non-hydrogen) atoms. The van der Waals surface area contributed by atoms with E-state index in [0.29, 0.717) is 17.0 Å². The first-order valence-electron chi connectivity index (χ1n) is 5.77. The first-order chi connectivity index (χ1) is 8.59. The molecule has 92 valence electrons. The molecule has 2 rings (SSSR count). The van der Waals surface area contributed by atoms with Gasteiger partial charge in [-0.1, -0.05) is 29.8 Å². The summed E-state index contributed by atoms with van der Waals surface area (Å²) in [5, 5.41) is 0.411. The Bertz CT molecular complexity index is 573. The van der Waals surface area contributed by atoms with E-state index in [0.717, 1.165) is 16.7 Å². The van der Waals surface area contributed by atoms with Gasteiger partial charge in [-0.3, -0.25) is 9.78 Å². The number of halogens is 1. The van der Waals surface area contributed by atoms with E-state index in [1.807, 2.05) is 32.0 Å². The van der Waals surface area contributed by atoms with Crippen LogP contribution in [0.25, 0.3) is 0 Å². The summed E-state index contributed by atoms with van der Waals surface area (Å²) in [6, 6.07) is 7.70. The van der Waals surface area contributed by atoms with Gasteiger partial charge in [0.15, 0.2) is 5.78 Å². The normalized spacial score (nSPS) is 10.4. The summed E-state index contributed by atoms with van der Waals surface area (Å²) in [4.78, 5) is 16.1. The number of hydrogen-bond donors (Lipinski definition) is 0. The van der Waals surface area contributed by atoms with Gasteiger partial charge in [0.2, 0.25) is 0 Å². The number of benzene rings is 1. The van der Waals surface area contributed by atoms with Crippen molar-refractivity contribution in [2.75, 3.05) is 0 Å². The van der Waals surface area contributed by atoms with Gasteiger partial charge in [0.05, 0.1) is 5.02 Å². The second-order valence-corrected chi connectivity index (χ2v) is 4.73. The lowest BCUT2D eigenvalue weighted by molar-refractivity contribution is 0.0992. The number of carbonyl (C=O) groups is 1. The zero-order valence-corrected chi connectivity index (χ0v) is 11.2. The van der Waals surface area contributed by atoms with Gasteiger partial charge in [-0.15, -0.1) is 0 Å². The molecule has 0 saturated heterocycles. The van der Waals surface area contributed by atoms with Crippen molar-refractivity contribution < 1.29 is 4.79 Å². The Kier molecular flexibility index (Phi) is 3.78. The van der Waals surface area contributed by atoms with Crippen LogP contribution >= 0.6 is 11.6 Å².